The molecule has 2 aliphatic heterocycles. The summed E-state index contributed by atoms with van der Waals surface area (Å²) in [5, 5.41) is 5.93. The Balaban J connectivity index is 1.31. The van der Waals surface area contributed by atoms with Crippen molar-refractivity contribution in [1.82, 2.24) is 14.9 Å². The summed E-state index contributed by atoms with van der Waals surface area (Å²) in [6, 6.07) is 12.6. The van der Waals surface area contributed by atoms with Gasteiger partial charge in [0.05, 0.1) is 34.8 Å². The van der Waals surface area contributed by atoms with Gasteiger partial charge >= 0.3 is 0 Å². The van der Waals surface area contributed by atoms with Gasteiger partial charge in [0, 0.05) is 44.9 Å². The van der Waals surface area contributed by atoms with Crippen LogP contribution in [0.25, 0.3) is 0 Å². The lowest BCUT2D eigenvalue weighted by Crippen LogP contribution is -2.48. The number of para-hydroxylation sites is 1. The van der Waals surface area contributed by atoms with Crippen LogP contribution in [0.2, 0.25) is 5.02 Å². The molecule has 1 amide bonds. The third kappa shape index (κ3) is 6.12. The van der Waals surface area contributed by atoms with Gasteiger partial charge in [0.2, 0.25) is 11.9 Å². The first-order chi connectivity index (χ1) is 20.0. The summed E-state index contributed by atoms with van der Waals surface area (Å²) in [5.74, 6) is 1.41. The minimum absolute atomic E-state index is 0.114. The van der Waals surface area contributed by atoms with Gasteiger partial charge in [-0.2, -0.15) is 4.98 Å². The highest BCUT2D eigenvalue weighted by molar-refractivity contribution is 7.92. The van der Waals surface area contributed by atoms with Gasteiger partial charge in [-0.1, -0.05) is 23.7 Å². The Morgan fingerprint density at radius 3 is 2.43 bits per heavy atom. The number of aromatic nitrogens is 2. The lowest BCUT2D eigenvalue weighted by Gasteiger charge is -2.46. The number of sulfone groups is 1. The zero-order chi connectivity index (χ0) is 30.1. The number of likely N-dealkylation sites (tertiary alicyclic amines) is 1. The summed E-state index contributed by atoms with van der Waals surface area (Å²) in [5.41, 5.74) is 2.22. The summed E-state index contributed by atoms with van der Waals surface area (Å²) in [6.45, 7) is 5.89. The van der Waals surface area contributed by atoms with Crippen molar-refractivity contribution in [3.05, 3.63) is 53.7 Å². The highest BCUT2D eigenvalue weighted by Crippen LogP contribution is 2.43. The predicted octanol–water partition coefficient (Wildman–Crippen LogP) is 5.65. The van der Waals surface area contributed by atoms with E-state index in [0.29, 0.717) is 23.5 Å². The van der Waals surface area contributed by atoms with E-state index >= 15 is 0 Å². The van der Waals surface area contributed by atoms with Gasteiger partial charge in [-0.05, 0) is 62.8 Å². The number of hydrogen-bond acceptors (Lipinski definition) is 9. The summed E-state index contributed by atoms with van der Waals surface area (Å²) < 4.78 is 31.5. The van der Waals surface area contributed by atoms with Crippen molar-refractivity contribution in [2.75, 3.05) is 49.3 Å². The normalized spacial score (nSPS) is 17.0. The molecule has 2 saturated heterocycles. The van der Waals surface area contributed by atoms with Crippen molar-refractivity contribution in [3.8, 4) is 5.75 Å². The molecule has 2 aliphatic rings. The minimum atomic E-state index is -3.54. The largest absolute Gasteiger partial charge is 0.494 e. The first-order valence-electron chi connectivity index (χ1n) is 14.1. The molecule has 0 atom stereocenters. The number of hydrogen-bond donors (Lipinski definition) is 2. The number of ether oxygens (including phenoxy) is 1. The number of anilines is 5. The van der Waals surface area contributed by atoms with E-state index < -0.39 is 15.1 Å². The molecule has 2 N–H and O–H groups in total. The van der Waals surface area contributed by atoms with Crippen LogP contribution < -0.4 is 20.3 Å². The monoisotopic (exact) mass is 612 g/mol. The molecule has 5 rings (SSSR count). The molecule has 0 bridgehead atoms. The lowest BCUT2D eigenvalue weighted by molar-refractivity contribution is -0.137. The fraction of sp³-hybridized carbons (Fsp3) is 0.433. The van der Waals surface area contributed by atoms with Gasteiger partial charge < -0.3 is 25.2 Å². The van der Waals surface area contributed by atoms with Crippen LogP contribution in [0, 0.1) is 5.41 Å². The average molecular weight is 613 g/mol. The number of carbonyl (C=O) groups excluding carboxylic acids is 1. The molecule has 2 fully saturated rings. The van der Waals surface area contributed by atoms with E-state index in [1.807, 2.05) is 30.1 Å². The van der Waals surface area contributed by atoms with Crippen LogP contribution in [0.15, 0.2) is 53.6 Å². The van der Waals surface area contributed by atoms with Crippen LogP contribution in [0.4, 0.5) is 28.8 Å². The molecule has 0 saturated carbocycles. The number of amides is 1. The summed E-state index contributed by atoms with van der Waals surface area (Å²) in [6.07, 6.45) is 5.14. The van der Waals surface area contributed by atoms with Gasteiger partial charge in [0.15, 0.2) is 15.7 Å². The maximum absolute atomic E-state index is 12.9. The maximum atomic E-state index is 12.9. The van der Waals surface area contributed by atoms with Crippen LogP contribution in [0.1, 0.15) is 39.5 Å². The SMILES string of the molecule is COc1cc(N2CCC3(CCN(C)C(=O)C3)CC2)ccc1Nc1ncc(Cl)c(Nc2ccccc2S(=O)(=O)C(C)C)n1. The number of rotatable bonds is 8. The molecule has 1 aromatic heterocycles. The molecule has 0 aliphatic carbocycles. The van der Waals surface area contributed by atoms with E-state index in [4.69, 9.17) is 16.3 Å². The molecule has 224 valence electrons. The second-order valence-electron chi connectivity index (χ2n) is 11.3. The van der Waals surface area contributed by atoms with Crippen molar-refractivity contribution in [2.45, 2.75) is 49.7 Å². The number of methoxy groups -OCH3 is 1. The van der Waals surface area contributed by atoms with E-state index in [0.717, 1.165) is 44.6 Å². The Labute approximate surface area is 252 Å². The van der Waals surface area contributed by atoms with E-state index in [2.05, 4.69) is 25.5 Å². The first-order valence-corrected chi connectivity index (χ1v) is 16.0. The number of benzene rings is 2. The van der Waals surface area contributed by atoms with Crippen LogP contribution >= 0.6 is 11.6 Å². The van der Waals surface area contributed by atoms with Gasteiger partial charge in [0.25, 0.3) is 0 Å². The number of nitrogens with zero attached hydrogens (tertiary/aromatic N) is 4. The Morgan fingerprint density at radius 1 is 1.02 bits per heavy atom. The minimum Gasteiger partial charge on any atom is -0.494 e. The molecule has 42 heavy (non-hydrogen) atoms. The quantitative estimate of drug-likeness (QED) is 0.333. The molecule has 3 heterocycles. The summed E-state index contributed by atoms with van der Waals surface area (Å²) >= 11 is 6.40. The van der Waals surface area contributed by atoms with Crippen molar-refractivity contribution in [3.63, 3.8) is 0 Å². The Kier molecular flexibility index (Phi) is 8.52. The van der Waals surface area contributed by atoms with E-state index in [9.17, 15) is 13.2 Å². The molecule has 0 unspecified atom stereocenters. The maximum Gasteiger partial charge on any atom is 0.229 e. The van der Waals surface area contributed by atoms with Crippen LogP contribution in [-0.4, -0.2) is 68.2 Å². The fourth-order valence-electron chi connectivity index (χ4n) is 5.55. The highest BCUT2D eigenvalue weighted by atomic mass is 35.5. The standard InChI is InChI=1S/C30H37ClN6O4S/c1-20(2)42(39,40)26-8-6-5-7-24(26)33-28-22(31)19-32-29(35-28)34-23-10-9-21(17-25(23)41-4)37-15-12-30(13-16-37)11-14-36(3)27(38)18-30/h5-10,17,19-20H,11-16,18H2,1-4H3,(H2,32,33,34,35). The Morgan fingerprint density at radius 2 is 1.74 bits per heavy atom. The molecule has 1 spiro atoms. The molecule has 2 aromatic carbocycles. The van der Waals surface area contributed by atoms with Crippen LogP contribution in [0.5, 0.6) is 5.75 Å². The summed E-state index contributed by atoms with van der Waals surface area (Å²) in [4.78, 5) is 25.5. The van der Waals surface area contributed by atoms with Gasteiger partial charge in [-0.3, -0.25) is 4.79 Å². The Hall–Kier alpha value is -3.57. The van der Waals surface area contributed by atoms with Crippen molar-refractivity contribution < 1.29 is 17.9 Å². The van der Waals surface area contributed by atoms with E-state index in [-0.39, 0.29) is 33.0 Å². The predicted molar refractivity (Wildman–Crippen MR) is 166 cm³/mol. The number of halogens is 1. The lowest BCUT2D eigenvalue weighted by atomic mass is 9.71. The second kappa shape index (κ2) is 12.0. The second-order valence-corrected chi connectivity index (χ2v) is 14.2. The number of carbonyl (C=O) groups is 1. The van der Waals surface area contributed by atoms with Crippen LogP contribution in [0.3, 0.4) is 0 Å². The van der Waals surface area contributed by atoms with Gasteiger partial charge in [0.1, 0.15) is 10.8 Å². The Bertz CT molecular complexity index is 1570. The van der Waals surface area contributed by atoms with Crippen molar-refractivity contribution in [1.29, 1.82) is 0 Å². The molecule has 3 aromatic rings. The average Bonchev–Trinajstić information content (AvgIpc) is 2.98. The van der Waals surface area contributed by atoms with E-state index in [1.54, 1.807) is 45.2 Å². The van der Waals surface area contributed by atoms with Crippen molar-refractivity contribution >= 4 is 56.2 Å². The summed E-state index contributed by atoms with van der Waals surface area (Å²) in [7, 11) is -0.0369. The topological polar surface area (TPSA) is 117 Å². The van der Waals surface area contributed by atoms with E-state index in [1.165, 1.54) is 6.20 Å². The van der Waals surface area contributed by atoms with Gasteiger partial charge in [-0.15, -0.1) is 0 Å². The number of nitrogens with one attached hydrogen (secondary N) is 2. The molecular weight excluding hydrogens is 576 g/mol. The fourth-order valence-corrected chi connectivity index (χ4v) is 6.89. The molecule has 0 radical (unpaired) electrons. The highest BCUT2D eigenvalue weighted by Gasteiger charge is 2.40. The smallest absolute Gasteiger partial charge is 0.229 e. The van der Waals surface area contributed by atoms with Crippen LogP contribution in [-0.2, 0) is 14.6 Å². The number of piperidine rings is 2. The van der Waals surface area contributed by atoms with Crippen molar-refractivity contribution in [2.24, 2.45) is 5.41 Å². The zero-order valence-corrected chi connectivity index (χ0v) is 25.9. The molecule has 12 heteroatoms. The van der Waals surface area contributed by atoms with Gasteiger partial charge in [-0.25, -0.2) is 13.4 Å². The molecular formula is C30H37ClN6O4S. The molecule has 10 nitrogen and oxygen atoms in total. The zero-order valence-electron chi connectivity index (χ0n) is 24.4. The third-order valence-electron chi connectivity index (χ3n) is 8.36. The first kappa shape index (κ1) is 29.9. The third-order valence-corrected chi connectivity index (χ3v) is 10.8.